The van der Waals surface area contributed by atoms with Gasteiger partial charge in [-0.15, -0.1) is 0 Å². The van der Waals surface area contributed by atoms with Gasteiger partial charge in [0, 0.05) is 37.1 Å². The molecule has 2 aromatic heterocycles. The molecule has 3 N–H and O–H groups in total. The molecular formula is C23H29FN6O3. The van der Waals surface area contributed by atoms with Gasteiger partial charge in [0.2, 0.25) is 5.88 Å². The number of nitrogens with two attached hydrogens (primary N) is 1. The van der Waals surface area contributed by atoms with Gasteiger partial charge in [-0.25, -0.2) is 13.7 Å². The third-order valence-corrected chi connectivity index (χ3v) is 5.29. The lowest BCUT2D eigenvalue weighted by Crippen LogP contribution is -2.48. The quantitative estimate of drug-likeness (QED) is 0.563. The summed E-state index contributed by atoms with van der Waals surface area (Å²) < 4.78 is 27.1. The third-order valence-electron chi connectivity index (χ3n) is 5.29. The number of nitrogens with zero attached hydrogens (tertiary/aromatic N) is 4. The molecule has 9 nitrogen and oxygen atoms in total. The number of hydrogen-bond donors (Lipinski definition) is 2. The first-order valence-corrected chi connectivity index (χ1v) is 10.9. The number of likely N-dealkylation sites (tertiary alicyclic amines) is 1. The molecule has 3 aromatic rings. The number of nitrogen functional groups attached to an aromatic ring is 1. The molecule has 0 bridgehead atoms. The Morgan fingerprint density at radius 3 is 2.91 bits per heavy atom. The van der Waals surface area contributed by atoms with Gasteiger partial charge in [-0.3, -0.25) is 4.90 Å². The monoisotopic (exact) mass is 456 g/mol. The van der Waals surface area contributed by atoms with E-state index < -0.39 is 17.5 Å². The van der Waals surface area contributed by atoms with Crippen LogP contribution in [0.2, 0.25) is 0 Å². The normalized spacial score (nSPS) is 17.2. The minimum absolute atomic E-state index is 0.00155. The van der Waals surface area contributed by atoms with Gasteiger partial charge in [0.15, 0.2) is 11.6 Å². The molecule has 1 aliphatic rings. The molecule has 176 valence electrons. The summed E-state index contributed by atoms with van der Waals surface area (Å²) >= 11 is 0. The van der Waals surface area contributed by atoms with Crippen LogP contribution in [0.5, 0.6) is 11.6 Å². The number of ether oxygens (including phenoxy) is 2. The Bertz CT molecular complexity index is 1140. The highest BCUT2D eigenvalue weighted by atomic mass is 19.1. The first kappa shape index (κ1) is 22.8. The van der Waals surface area contributed by atoms with Crippen molar-refractivity contribution < 1.29 is 18.7 Å². The Hall–Kier alpha value is -3.40. The first-order valence-electron chi connectivity index (χ1n) is 10.9. The van der Waals surface area contributed by atoms with Gasteiger partial charge in [-0.05, 0) is 63.9 Å². The molecule has 0 aliphatic carbocycles. The van der Waals surface area contributed by atoms with Crippen LogP contribution in [0.1, 0.15) is 39.2 Å². The number of fused-ring (bicyclic) bond motifs is 1. The molecule has 0 unspecified atom stereocenters. The number of hydrogen-bond acceptors (Lipinski definition) is 7. The number of carbonyl (C=O) groups is 1. The summed E-state index contributed by atoms with van der Waals surface area (Å²) in [6, 6.07) is 6.20. The lowest BCUT2D eigenvalue weighted by atomic mass is 10.1. The topological polar surface area (TPSA) is 107 Å². The fourth-order valence-electron chi connectivity index (χ4n) is 3.93. The number of benzene rings is 1. The van der Waals surface area contributed by atoms with E-state index in [1.54, 1.807) is 10.6 Å². The zero-order valence-electron chi connectivity index (χ0n) is 19.0. The molecule has 1 atom stereocenters. The average molecular weight is 457 g/mol. The molecule has 3 heterocycles. The van der Waals surface area contributed by atoms with Crippen molar-refractivity contribution >= 4 is 17.3 Å². The smallest absolute Gasteiger partial charge is 0.407 e. The Labute approximate surface area is 191 Å². The van der Waals surface area contributed by atoms with Gasteiger partial charge in [0.25, 0.3) is 0 Å². The zero-order valence-corrected chi connectivity index (χ0v) is 19.0. The average Bonchev–Trinajstić information content (AvgIpc) is 3.12. The number of anilines is 1. The summed E-state index contributed by atoms with van der Waals surface area (Å²) in [5.74, 6) is -0.266. The van der Waals surface area contributed by atoms with E-state index in [4.69, 9.17) is 15.2 Å². The van der Waals surface area contributed by atoms with Gasteiger partial charge >= 0.3 is 6.09 Å². The number of piperidine rings is 1. The Balaban J connectivity index is 1.49. The second-order valence-electron chi connectivity index (χ2n) is 9.21. The van der Waals surface area contributed by atoms with Crippen molar-refractivity contribution in [1.82, 2.24) is 24.8 Å². The van der Waals surface area contributed by atoms with Crippen molar-refractivity contribution in [1.29, 1.82) is 0 Å². The molecule has 33 heavy (non-hydrogen) atoms. The van der Waals surface area contributed by atoms with Crippen molar-refractivity contribution in [3.8, 4) is 11.6 Å². The molecule has 0 saturated carbocycles. The van der Waals surface area contributed by atoms with Crippen LogP contribution in [0.25, 0.3) is 5.52 Å². The van der Waals surface area contributed by atoms with Crippen LogP contribution >= 0.6 is 0 Å². The van der Waals surface area contributed by atoms with E-state index in [1.165, 1.54) is 18.5 Å². The van der Waals surface area contributed by atoms with E-state index in [0.29, 0.717) is 24.3 Å². The Morgan fingerprint density at radius 1 is 1.33 bits per heavy atom. The molecule has 1 saturated heterocycles. The Morgan fingerprint density at radius 2 is 2.15 bits per heavy atom. The number of rotatable bonds is 5. The van der Waals surface area contributed by atoms with E-state index in [1.807, 2.05) is 33.0 Å². The van der Waals surface area contributed by atoms with E-state index in [9.17, 15) is 9.18 Å². The van der Waals surface area contributed by atoms with Crippen LogP contribution < -0.4 is 15.8 Å². The van der Waals surface area contributed by atoms with Crippen LogP contribution in [-0.2, 0) is 11.3 Å². The van der Waals surface area contributed by atoms with Crippen molar-refractivity contribution in [3.63, 3.8) is 0 Å². The fraction of sp³-hybridized carbons (Fsp3) is 0.435. The van der Waals surface area contributed by atoms with Crippen LogP contribution in [0.15, 0.2) is 36.8 Å². The van der Waals surface area contributed by atoms with Crippen LogP contribution in [0.4, 0.5) is 14.9 Å². The molecular weight excluding hydrogens is 427 g/mol. The maximum absolute atomic E-state index is 14.3. The summed E-state index contributed by atoms with van der Waals surface area (Å²) in [5, 5.41) is 7.21. The van der Waals surface area contributed by atoms with E-state index in [2.05, 4.69) is 20.3 Å². The maximum atomic E-state index is 14.3. The zero-order chi connectivity index (χ0) is 23.6. The number of nitrogens with one attached hydrogen (secondary N) is 1. The lowest BCUT2D eigenvalue weighted by Gasteiger charge is -2.33. The van der Waals surface area contributed by atoms with Gasteiger partial charge in [0.05, 0.1) is 0 Å². The summed E-state index contributed by atoms with van der Waals surface area (Å²) in [6.07, 6.45) is 4.61. The van der Waals surface area contributed by atoms with Gasteiger partial charge in [-0.2, -0.15) is 10.1 Å². The third kappa shape index (κ3) is 5.70. The van der Waals surface area contributed by atoms with E-state index in [-0.39, 0.29) is 17.7 Å². The minimum Gasteiger partial charge on any atom is -0.444 e. The molecule has 0 radical (unpaired) electrons. The number of halogens is 1. The predicted octanol–water partition coefficient (Wildman–Crippen LogP) is 3.73. The number of carbonyl (C=O) groups excluding carboxylic acids is 1. The highest BCUT2D eigenvalue weighted by Crippen LogP contribution is 2.30. The molecule has 0 spiro atoms. The van der Waals surface area contributed by atoms with Gasteiger partial charge in [-0.1, -0.05) is 0 Å². The molecule has 1 aliphatic heterocycles. The van der Waals surface area contributed by atoms with Crippen LogP contribution in [0.3, 0.4) is 0 Å². The summed E-state index contributed by atoms with van der Waals surface area (Å²) in [5.41, 5.74) is 7.01. The summed E-state index contributed by atoms with van der Waals surface area (Å²) in [7, 11) is 0. The summed E-state index contributed by atoms with van der Waals surface area (Å²) in [4.78, 5) is 18.7. The predicted molar refractivity (Wildman–Crippen MR) is 122 cm³/mol. The highest BCUT2D eigenvalue weighted by molar-refractivity contribution is 5.68. The van der Waals surface area contributed by atoms with Crippen molar-refractivity contribution in [2.24, 2.45) is 0 Å². The van der Waals surface area contributed by atoms with Crippen molar-refractivity contribution in [2.75, 3.05) is 18.8 Å². The minimum atomic E-state index is -0.563. The molecule has 1 amide bonds. The number of amides is 1. The molecule has 1 aromatic carbocycles. The number of alkyl carbamates (subject to hydrolysis) is 1. The standard InChI is InChI=1S/C23H29FN6O3/c1-23(2,3)33-22(31)28-17-5-4-9-29(13-17)12-15-8-10-30-20(15)21(26-14-27-30)32-19-7-6-16(25)11-18(19)24/h6-8,10-11,14,17H,4-5,9,12-13,25H2,1-3H3,(H,28,31)/t17-/m0/s1. The summed E-state index contributed by atoms with van der Waals surface area (Å²) in [6.45, 7) is 7.71. The van der Waals surface area contributed by atoms with Gasteiger partial charge < -0.3 is 20.5 Å². The van der Waals surface area contributed by atoms with Gasteiger partial charge in [0.1, 0.15) is 17.4 Å². The molecule has 1 fully saturated rings. The Kier molecular flexibility index (Phi) is 6.37. The van der Waals surface area contributed by atoms with Crippen molar-refractivity contribution in [2.45, 2.75) is 51.8 Å². The van der Waals surface area contributed by atoms with Crippen LogP contribution in [-0.4, -0.2) is 50.3 Å². The van der Waals surface area contributed by atoms with Crippen LogP contribution in [0, 0.1) is 5.82 Å². The lowest BCUT2D eigenvalue weighted by molar-refractivity contribution is 0.0470. The van der Waals surface area contributed by atoms with Crippen molar-refractivity contribution in [3.05, 3.63) is 48.2 Å². The van der Waals surface area contributed by atoms with E-state index >= 15 is 0 Å². The second kappa shape index (κ2) is 9.22. The maximum Gasteiger partial charge on any atom is 0.407 e. The second-order valence-corrected chi connectivity index (χ2v) is 9.21. The highest BCUT2D eigenvalue weighted by Gasteiger charge is 2.25. The molecule has 4 rings (SSSR count). The molecule has 10 heteroatoms. The SMILES string of the molecule is CC(C)(C)OC(=O)N[C@H]1CCCN(Cc2ccn3ncnc(Oc4ccc(N)cc4F)c23)C1. The number of aromatic nitrogens is 3. The first-order chi connectivity index (χ1) is 15.7. The largest absolute Gasteiger partial charge is 0.444 e. The van der Waals surface area contributed by atoms with E-state index in [0.717, 1.165) is 24.9 Å². The fourth-order valence-corrected chi connectivity index (χ4v) is 3.93.